The van der Waals surface area contributed by atoms with Crippen molar-refractivity contribution in [1.82, 2.24) is 0 Å². The molecular formula is C14H19NO5. The Bertz CT molecular complexity index is 499. The molecule has 0 amide bonds. The Kier molecular flexibility index (Phi) is 5.99. The molecule has 0 spiro atoms. The van der Waals surface area contributed by atoms with E-state index in [9.17, 15) is 9.59 Å². The van der Waals surface area contributed by atoms with Crippen molar-refractivity contribution in [2.45, 2.75) is 20.0 Å². The van der Waals surface area contributed by atoms with Gasteiger partial charge >= 0.3 is 11.9 Å². The molecule has 1 aromatic rings. The van der Waals surface area contributed by atoms with Crippen LogP contribution in [0.15, 0.2) is 12.1 Å². The molecule has 0 aromatic heterocycles. The number of carbonyl (C=O) groups is 2. The highest BCUT2D eigenvalue weighted by molar-refractivity contribution is 5.74. The number of ether oxygens (including phenoxy) is 2. The minimum absolute atomic E-state index is 0.170. The quantitative estimate of drug-likeness (QED) is 0.734. The molecule has 20 heavy (non-hydrogen) atoms. The fourth-order valence-electron chi connectivity index (χ4n) is 1.79. The van der Waals surface area contributed by atoms with Gasteiger partial charge in [-0.15, -0.1) is 0 Å². The second-order valence-electron chi connectivity index (χ2n) is 4.31. The van der Waals surface area contributed by atoms with Crippen molar-refractivity contribution in [3.05, 3.63) is 28.8 Å². The Morgan fingerprint density at radius 2 is 1.95 bits per heavy atom. The first-order chi connectivity index (χ1) is 9.47. The number of nitrogens with one attached hydrogen (secondary N) is 1. The molecule has 0 fully saturated rings. The van der Waals surface area contributed by atoms with Crippen molar-refractivity contribution < 1.29 is 24.2 Å². The molecule has 0 aliphatic rings. The lowest BCUT2D eigenvalue weighted by molar-refractivity contribution is -0.142. The van der Waals surface area contributed by atoms with Gasteiger partial charge in [-0.1, -0.05) is 0 Å². The van der Waals surface area contributed by atoms with Crippen molar-refractivity contribution >= 4 is 17.6 Å². The molecule has 110 valence electrons. The van der Waals surface area contributed by atoms with E-state index in [-0.39, 0.29) is 25.6 Å². The van der Waals surface area contributed by atoms with Gasteiger partial charge in [0.15, 0.2) is 0 Å². The average molecular weight is 281 g/mol. The highest BCUT2D eigenvalue weighted by atomic mass is 16.5. The molecule has 1 rings (SSSR count). The van der Waals surface area contributed by atoms with Crippen LogP contribution in [-0.4, -0.2) is 37.8 Å². The lowest BCUT2D eigenvalue weighted by atomic mass is 9.99. The summed E-state index contributed by atoms with van der Waals surface area (Å²) in [5.74, 6) is -1.33. The Balaban J connectivity index is 2.94. The van der Waals surface area contributed by atoms with E-state index in [4.69, 9.17) is 9.84 Å². The molecule has 0 radical (unpaired) electrons. The van der Waals surface area contributed by atoms with Gasteiger partial charge in [0, 0.05) is 12.7 Å². The molecule has 1 aromatic carbocycles. The summed E-state index contributed by atoms with van der Waals surface area (Å²) in [6.45, 7) is 1.70. The number of methoxy groups -OCH3 is 1. The lowest BCUT2D eigenvalue weighted by Gasteiger charge is -2.14. The molecule has 6 heteroatoms. The van der Waals surface area contributed by atoms with Gasteiger partial charge in [0.25, 0.3) is 0 Å². The third-order valence-electron chi connectivity index (χ3n) is 2.96. The van der Waals surface area contributed by atoms with E-state index in [1.165, 1.54) is 7.11 Å². The van der Waals surface area contributed by atoms with Crippen molar-refractivity contribution in [2.24, 2.45) is 0 Å². The smallest absolute Gasteiger partial charge is 0.329 e. The minimum Gasteiger partial charge on any atom is -0.480 e. The van der Waals surface area contributed by atoms with E-state index in [1.54, 1.807) is 7.05 Å². The normalized spacial score (nSPS) is 10.2. The van der Waals surface area contributed by atoms with Gasteiger partial charge in [-0.25, -0.2) is 4.79 Å². The summed E-state index contributed by atoms with van der Waals surface area (Å²) in [4.78, 5) is 21.8. The third-order valence-corrected chi connectivity index (χ3v) is 2.96. The summed E-state index contributed by atoms with van der Waals surface area (Å²) in [6, 6.07) is 3.74. The summed E-state index contributed by atoms with van der Waals surface area (Å²) in [7, 11) is 3.12. The van der Waals surface area contributed by atoms with E-state index in [0.717, 1.165) is 22.4 Å². The van der Waals surface area contributed by atoms with Gasteiger partial charge in [-0.2, -0.15) is 0 Å². The van der Waals surface area contributed by atoms with Crippen LogP contribution in [0.3, 0.4) is 0 Å². The molecule has 2 N–H and O–H groups in total. The number of benzene rings is 1. The second kappa shape index (κ2) is 7.49. The first-order valence-electron chi connectivity index (χ1n) is 6.14. The Labute approximate surface area is 117 Å². The topological polar surface area (TPSA) is 84.9 Å². The number of carbonyl (C=O) groups excluding carboxylic acids is 1. The Morgan fingerprint density at radius 3 is 2.50 bits per heavy atom. The zero-order valence-corrected chi connectivity index (χ0v) is 11.9. The van der Waals surface area contributed by atoms with Crippen LogP contribution in [0.25, 0.3) is 0 Å². The van der Waals surface area contributed by atoms with Crippen molar-refractivity contribution in [1.29, 1.82) is 0 Å². The van der Waals surface area contributed by atoms with Gasteiger partial charge in [0.1, 0.15) is 6.61 Å². The largest absolute Gasteiger partial charge is 0.480 e. The van der Waals surface area contributed by atoms with Crippen molar-refractivity contribution in [2.75, 3.05) is 26.1 Å². The molecule has 0 heterocycles. The molecule has 0 saturated carbocycles. The molecule has 6 nitrogen and oxygen atoms in total. The van der Waals surface area contributed by atoms with E-state index < -0.39 is 5.97 Å². The molecule has 0 bridgehead atoms. The summed E-state index contributed by atoms with van der Waals surface area (Å²) < 4.78 is 9.77. The van der Waals surface area contributed by atoms with Gasteiger partial charge < -0.3 is 19.9 Å². The Morgan fingerprint density at radius 1 is 1.30 bits per heavy atom. The molecule has 0 aliphatic heterocycles. The number of hydrogen-bond acceptors (Lipinski definition) is 5. The van der Waals surface area contributed by atoms with Crippen LogP contribution in [0.5, 0.6) is 0 Å². The number of carboxylic acids is 1. The fraction of sp³-hybridized carbons (Fsp3) is 0.429. The standard InChI is InChI=1S/C14H19NO5/c1-9-10(6-14(18)19-3)4-12(15-2)5-11(9)7-20-8-13(16)17/h4-5,15H,6-8H2,1-3H3,(H,16,17). The van der Waals surface area contributed by atoms with E-state index in [0.29, 0.717) is 0 Å². The molecule has 0 aliphatic carbocycles. The predicted molar refractivity (Wildman–Crippen MR) is 73.7 cm³/mol. The van der Waals surface area contributed by atoms with Crippen LogP contribution in [0.2, 0.25) is 0 Å². The zero-order valence-electron chi connectivity index (χ0n) is 11.9. The van der Waals surface area contributed by atoms with E-state index in [2.05, 4.69) is 10.1 Å². The maximum Gasteiger partial charge on any atom is 0.329 e. The van der Waals surface area contributed by atoms with E-state index in [1.807, 2.05) is 19.1 Å². The van der Waals surface area contributed by atoms with Crippen LogP contribution in [0, 0.1) is 6.92 Å². The van der Waals surface area contributed by atoms with Crippen molar-refractivity contribution in [3.63, 3.8) is 0 Å². The zero-order chi connectivity index (χ0) is 15.1. The SMILES string of the molecule is CNc1cc(COCC(=O)O)c(C)c(CC(=O)OC)c1. The highest BCUT2D eigenvalue weighted by Gasteiger charge is 2.11. The molecule has 0 atom stereocenters. The maximum absolute atomic E-state index is 11.4. The first kappa shape index (κ1) is 16.0. The first-order valence-corrected chi connectivity index (χ1v) is 6.14. The third kappa shape index (κ3) is 4.55. The predicted octanol–water partition coefficient (Wildman–Crippen LogP) is 1.35. The number of aliphatic carboxylic acids is 1. The number of anilines is 1. The second-order valence-corrected chi connectivity index (χ2v) is 4.31. The fourth-order valence-corrected chi connectivity index (χ4v) is 1.79. The number of hydrogen-bond donors (Lipinski definition) is 2. The Hall–Kier alpha value is -2.08. The summed E-state index contributed by atoms with van der Waals surface area (Å²) >= 11 is 0. The number of carboxylic acid groups (broad SMARTS) is 1. The van der Waals surface area contributed by atoms with Crippen LogP contribution in [0.4, 0.5) is 5.69 Å². The summed E-state index contributed by atoms with van der Waals surface area (Å²) in [5, 5.41) is 11.6. The van der Waals surface area contributed by atoms with Gasteiger partial charge in [0.05, 0.1) is 20.1 Å². The van der Waals surface area contributed by atoms with Crippen LogP contribution in [0.1, 0.15) is 16.7 Å². The minimum atomic E-state index is -1.01. The lowest BCUT2D eigenvalue weighted by Crippen LogP contribution is -2.10. The summed E-state index contributed by atoms with van der Waals surface area (Å²) in [5.41, 5.74) is 3.41. The molecule has 0 saturated heterocycles. The highest BCUT2D eigenvalue weighted by Crippen LogP contribution is 2.22. The van der Waals surface area contributed by atoms with Crippen molar-refractivity contribution in [3.8, 4) is 0 Å². The number of rotatable bonds is 7. The van der Waals surface area contributed by atoms with E-state index >= 15 is 0 Å². The van der Waals surface area contributed by atoms with Gasteiger partial charge in [-0.05, 0) is 35.7 Å². The average Bonchev–Trinajstić information content (AvgIpc) is 2.42. The number of esters is 1. The monoisotopic (exact) mass is 281 g/mol. The maximum atomic E-state index is 11.4. The van der Waals surface area contributed by atoms with Gasteiger partial charge in [0.2, 0.25) is 0 Å². The van der Waals surface area contributed by atoms with Crippen LogP contribution < -0.4 is 5.32 Å². The summed E-state index contributed by atoms with van der Waals surface area (Å²) in [6.07, 6.45) is 0.170. The van der Waals surface area contributed by atoms with Crippen LogP contribution >= 0.6 is 0 Å². The van der Waals surface area contributed by atoms with Gasteiger partial charge in [-0.3, -0.25) is 4.79 Å². The molecule has 0 unspecified atom stereocenters. The van der Waals surface area contributed by atoms with Crippen LogP contribution in [-0.2, 0) is 32.1 Å². The molecular weight excluding hydrogens is 262 g/mol.